The number of piperidine rings is 1. The van der Waals surface area contributed by atoms with Gasteiger partial charge >= 0.3 is 6.09 Å². The fourth-order valence-electron chi connectivity index (χ4n) is 2.86. The lowest BCUT2D eigenvalue weighted by Crippen LogP contribution is -2.47. The maximum absolute atomic E-state index is 11.8. The number of rotatable bonds is 2. The summed E-state index contributed by atoms with van der Waals surface area (Å²) >= 11 is 0. The van der Waals surface area contributed by atoms with Crippen LogP contribution in [0.15, 0.2) is 0 Å². The van der Waals surface area contributed by atoms with Crippen molar-refractivity contribution in [1.82, 2.24) is 10.6 Å². The van der Waals surface area contributed by atoms with E-state index in [1.54, 1.807) is 0 Å². The van der Waals surface area contributed by atoms with Gasteiger partial charge in [0.1, 0.15) is 5.60 Å². The fourth-order valence-corrected chi connectivity index (χ4v) is 2.86. The zero-order valence-corrected chi connectivity index (χ0v) is 12.2. The summed E-state index contributed by atoms with van der Waals surface area (Å²) in [6.45, 7) is 8.45. The van der Waals surface area contributed by atoms with Gasteiger partial charge in [-0.1, -0.05) is 0 Å². The molecule has 19 heavy (non-hydrogen) atoms. The first-order valence-electron chi connectivity index (χ1n) is 7.27. The third kappa shape index (κ3) is 4.35. The zero-order valence-electron chi connectivity index (χ0n) is 12.2. The van der Waals surface area contributed by atoms with Crippen LogP contribution in [0.2, 0.25) is 0 Å². The second kappa shape index (κ2) is 6.09. The van der Waals surface area contributed by atoms with Gasteiger partial charge in [-0.25, -0.2) is 4.79 Å². The molecule has 0 aromatic carbocycles. The maximum Gasteiger partial charge on any atom is 0.407 e. The second-order valence-corrected chi connectivity index (χ2v) is 6.46. The van der Waals surface area contributed by atoms with Gasteiger partial charge in [-0.2, -0.15) is 0 Å². The van der Waals surface area contributed by atoms with Gasteiger partial charge in [0.05, 0.1) is 12.1 Å². The summed E-state index contributed by atoms with van der Waals surface area (Å²) in [6, 6.07) is 0.0953. The third-order valence-corrected chi connectivity index (χ3v) is 3.69. The van der Waals surface area contributed by atoms with Crippen LogP contribution in [0.3, 0.4) is 0 Å². The van der Waals surface area contributed by atoms with Crippen LogP contribution < -0.4 is 10.6 Å². The predicted octanol–water partition coefficient (Wildman–Crippen LogP) is 1.67. The van der Waals surface area contributed by atoms with Crippen LogP contribution in [-0.2, 0) is 9.47 Å². The fraction of sp³-hybridized carbons (Fsp3) is 0.929. The topological polar surface area (TPSA) is 59.6 Å². The van der Waals surface area contributed by atoms with E-state index in [-0.39, 0.29) is 18.2 Å². The van der Waals surface area contributed by atoms with E-state index in [0.29, 0.717) is 5.92 Å². The van der Waals surface area contributed by atoms with Gasteiger partial charge in [0.15, 0.2) is 0 Å². The predicted molar refractivity (Wildman–Crippen MR) is 73.1 cm³/mol. The minimum Gasteiger partial charge on any atom is -0.444 e. The Morgan fingerprint density at radius 3 is 2.58 bits per heavy atom. The van der Waals surface area contributed by atoms with Crippen molar-refractivity contribution in [2.24, 2.45) is 5.92 Å². The first-order chi connectivity index (χ1) is 8.96. The first-order valence-corrected chi connectivity index (χ1v) is 7.27. The lowest BCUT2D eigenvalue weighted by Gasteiger charge is -2.31. The molecule has 0 spiro atoms. The molecule has 0 unspecified atom stereocenters. The summed E-state index contributed by atoms with van der Waals surface area (Å²) in [5.41, 5.74) is -0.451. The van der Waals surface area contributed by atoms with E-state index in [2.05, 4.69) is 10.6 Å². The monoisotopic (exact) mass is 270 g/mol. The lowest BCUT2D eigenvalue weighted by molar-refractivity contribution is 0.0258. The van der Waals surface area contributed by atoms with E-state index in [9.17, 15) is 4.79 Å². The molecular formula is C14H26N2O3. The summed E-state index contributed by atoms with van der Waals surface area (Å²) in [6.07, 6.45) is 2.94. The molecule has 0 aliphatic carbocycles. The number of carbonyl (C=O) groups is 1. The van der Waals surface area contributed by atoms with Crippen molar-refractivity contribution in [1.29, 1.82) is 0 Å². The van der Waals surface area contributed by atoms with Crippen LogP contribution >= 0.6 is 0 Å². The number of ether oxygens (including phenoxy) is 2. The molecule has 2 saturated heterocycles. The van der Waals surface area contributed by atoms with E-state index in [0.717, 1.165) is 39.0 Å². The Hall–Kier alpha value is -0.810. The molecule has 0 aromatic rings. The van der Waals surface area contributed by atoms with E-state index in [4.69, 9.17) is 9.47 Å². The van der Waals surface area contributed by atoms with Gasteiger partial charge in [-0.15, -0.1) is 0 Å². The normalized spacial score (nSPS) is 29.2. The smallest absolute Gasteiger partial charge is 0.407 e. The number of amides is 1. The summed E-state index contributed by atoms with van der Waals surface area (Å²) in [5.74, 6) is 0.545. The van der Waals surface area contributed by atoms with Crippen LogP contribution in [0.5, 0.6) is 0 Å². The quantitative estimate of drug-likeness (QED) is 0.801. The van der Waals surface area contributed by atoms with Crippen LogP contribution in [0.1, 0.15) is 40.0 Å². The highest BCUT2D eigenvalue weighted by Crippen LogP contribution is 2.27. The van der Waals surface area contributed by atoms with Gasteiger partial charge in [-0.05, 0) is 59.0 Å². The number of hydrogen-bond donors (Lipinski definition) is 2. The van der Waals surface area contributed by atoms with Crippen LogP contribution in [0.25, 0.3) is 0 Å². The highest BCUT2D eigenvalue weighted by molar-refractivity contribution is 5.68. The molecule has 2 rings (SSSR count). The molecule has 2 aliphatic rings. The van der Waals surface area contributed by atoms with Crippen LogP contribution in [0, 0.1) is 5.92 Å². The van der Waals surface area contributed by atoms with Crippen molar-refractivity contribution in [3.05, 3.63) is 0 Å². The van der Waals surface area contributed by atoms with Gasteiger partial charge in [0, 0.05) is 6.61 Å². The number of hydrogen-bond acceptors (Lipinski definition) is 4. The van der Waals surface area contributed by atoms with Gasteiger partial charge < -0.3 is 20.1 Å². The van der Waals surface area contributed by atoms with E-state index in [1.165, 1.54) is 0 Å². The number of carbonyl (C=O) groups excluding carboxylic acids is 1. The molecule has 2 atom stereocenters. The molecular weight excluding hydrogens is 244 g/mol. The Bertz CT molecular complexity index is 308. The standard InChI is InChI=1S/C14H26N2O3/c1-14(2,3)19-13(17)16-11-6-9-18-12(11)10-4-7-15-8-5-10/h10-12,15H,4-9H2,1-3H3,(H,16,17)/t11-,12-/m0/s1. The molecule has 1 amide bonds. The van der Waals surface area contributed by atoms with Gasteiger partial charge in [-0.3, -0.25) is 0 Å². The highest BCUT2D eigenvalue weighted by Gasteiger charge is 2.36. The summed E-state index contributed by atoms with van der Waals surface area (Å²) in [4.78, 5) is 11.8. The van der Waals surface area contributed by atoms with Crippen molar-refractivity contribution in [2.75, 3.05) is 19.7 Å². The molecule has 5 nitrogen and oxygen atoms in total. The highest BCUT2D eigenvalue weighted by atomic mass is 16.6. The Morgan fingerprint density at radius 1 is 1.26 bits per heavy atom. The lowest BCUT2D eigenvalue weighted by atomic mass is 9.88. The molecule has 2 heterocycles. The Morgan fingerprint density at radius 2 is 1.95 bits per heavy atom. The van der Waals surface area contributed by atoms with E-state index in [1.807, 2.05) is 20.8 Å². The molecule has 0 saturated carbocycles. The summed E-state index contributed by atoms with van der Waals surface area (Å²) in [7, 11) is 0. The molecule has 2 N–H and O–H groups in total. The molecule has 0 radical (unpaired) electrons. The molecule has 2 fully saturated rings. The number of nitrogens with one attached hydrogen (secondary N) is 2. The van der Waals surface area contributed by atoms with Crippen molar-refractivity contribution in [3.63, 3.8) is 0 Å². The Balaban J connectivity index is 1.86. The molecule has 0 bridgehead atoms. The number of alkyl carbamates (subject to hydrolysis) is 1. The van der Waals surface area contributed by atoms with E-state index < -0.39 is 5.60 Å². The second-order valence-electron chi connectivity index (χ2n) is 6.46. The SMILES string of the molecule is CC(C)(C)OC(=O)N[C@H]1CCO[C@H]1C1CCNCC1. The van der Waals surface area contributed by atoms with Crippen molar-refractivity contribution < 1.29 is 14.3 Å². The summed E-state index contributed by atoms with van der Waals surface area (Å²) < 4.78 is 11.2. The average molecular weight is 270 g/mol. The van der Waals surface area contributed by atoms with Crippen molar-refractivity contribution in [2.45, 2.75) is 57.8 Å². The zero-order chi connectivity index (χ0) is 13.9. The average Bonchev–Trinajstić information content (AvgIpc) is 2.75. The third-order valence-electron chi connectivity index (χ3n) is 3.69. The largest absolute Gasteiger partial charge is 0.444 e. The van der Waals surface area contributed by atoms with Gasteiger partial charge in [0.2, 0.25) is 0 Å². The molecule has 110 valence electrons. The van der Waals surface area contributed by atoms with Crippen LogP contribution in [0.4, 0.5) is 4.79 Å². The minimum absolute atomic E-state index is 0.0953. The van der Waals surface area contributed by atoms with Crippen molar-refractivity contribution >= 4 is 6.09 Å². The maximum atomic E-state index is 11.8. The van der Waals surface area contributed by atoms with Gasteiger partial charge in [0.25, 0.3) is 0 Å². The van der Waals surface area contributed by atoms with E-state index >= 15 is 0 Å². The minimum atomic E-state index is -0.451. The summed E-state index contributed by atoms with van der Waals surface area (Å²) in [5, 5.41) is 6.33. The molecule has 0 aromatic heterocycles. The Labute approximate surface area is 115 Å². The first kappa shape index (κ1) is 14.6. The molecule has 2 aliphatic heterocycles. The Kier molecular flexibility index (Phi) is 4.68. The van der Waals surface area contributed by atoms with Crippen molar-refractivity contribution in [3.8, 4) is 0 Å². The van der Waals surface area contributed by atoms with Crippen LogP contribution in [-0.4, -0.2) is 43.5 Å². The molecule has 5 heteroatoms.